The van der Waals surface area contributed by atoms with Gasteiger partial charge in [0.1, 0.15) is 5.58 Å². The average molecular weight is 1830 g/mol. The molecule has 24 aromatic carbocycles. The topological polar surface area (TPSA) is 52.6 Å². The average Bonchev–Trinajstić information content (AvgIpc) is 1.53. The van der Waals surface area contributed by atoms with Gasteiger partial charge in [0.15, 0.2) is 0 Å². The number of rotatable bonds is 8. The third kappa shape index (κ3) is 11.2. The first-order chi connectivity index (χ1) is 66.5. The van der Waals surface area contributed by atoms with E-state index in [1.54, 1.807) is 0 Å². The van der Waals surface area contributed by atoms with Crippen molar-refractivity contribution in [2.75, 3.05) is 0 Å². The van der Waals surface area contributed by atoms with Gasteiger partial charge >= 0.3 is 713 Å². The van der Waals surface area contributed by atoms with Gasteiger partial charge in [-0.15, -0.1) is 0 Å². The number of para-hydroxylation sites is 6. The molecule has 0 spiro atoms. The fourth-order valence-electron chi connectivity index (χ4n) is 22.9. The number of hydrogen-bond acceptors (Lipinski definition) is 4. The first-order valence-electron chi connectivity index (χ1n) is 45.8. The minimum atomic E-state index is 0.0970. The molecule has 0 aliphatic carbocycles. The van der Waals surface area contributed by atoms with Crippen LogP contribution in [0.2, 0.25) is 0 Å². The third-order valence-electron chi connectivity index (χ3n) is 28.5. The summed E-state index contributed by atoms with van der Waals surface area (Å²) in [5, 5.41) is 34.3. The SMILES string of the molecule is c1ccc2c(c1)oc1c(-c3c4ccccc4c(-c4ccc5[se]c6c(-c7c8ccccc8c(-c8cccc9c8oc8ccccc89)c8ccccc78)cccc6c5c4)c4ccccc34)cccc12.c1ccc2c(c1)oc1cc(-c3c4ccccc4c(-c4ccc5[se]c6c(-c7c8ccccc8c(-c8ccc9c(c8)oc8ccccc89)c8ccccc78)cccc6c5c4)c4ccccc34)ccc12. The van der Waals surface area contributed by atoms with Crippen molar-refractivity contribution < 1.29 is 17.7 Å². The zero-order chi connectivity index (χ0) is 87.5. The summed E-state index contributed by atoms with van der Waals surface area (Å²) < 4.78 is 31.9. The predicted octanol–water partition coefficient (Wildman–Crippen LogP) is 36.3. The van der Waals surface area contributed by atoms with Gasteiger partial charge < -0.3 is 0 Å². The fraction of sp³-hybridized carbons (Fsp3) is 0. The van der Waals surface area contributed by atoms with E-state index in [9.17, 15) is 0 Å². The molecule has 0 radical (unpaired) electrons. The Kier molecular flexibility index (Phi) is 16.6. The Balaban J connectivity index is 0.000000131. The summed E-state index contributed by atoms with van der Waals surface area (Å²) in [4.78, 5) is 0. The van der Waals surface area contributed by atoms with Crippen LogP contribution < -0.4 is 0 Å². The van der Waals surface area contributed by atoms with Crippen LogP contribution in [0.25, 0.3) is 302 Å². The van der Waals surface area contributed by atoms with Gasteiger partial charge in [-0.05, 0) is 12.1 Å². The molecule has 0 fully saturated rings. The molecule has 0 saturated heterocycles. The molecule has 6 heteroatoms. The number of hydrogen-bond donors (Lipinski definition) is 0. The van der Waals surface area contributed by atoms with Crippen LogP contribution in [0, 0.1) is 0 Å². The zero-order valence-corrected chi connectivity index (χ0v) is 75.4. The molecule has 0 N–H and O–H groups in total. The zero-order valence-electron chi connectivity index (χ0n) is 72.0. The van der Waals surface area contributed by atoms with E-state index in [0.29, 0.717) is 0 Å². The van der Waals surface area contributed by atoms with Crippen molar-refractivity contribution in [3.63, 3.8) is 0 Å². The van der Waals surface area contributed by atoms with Crippen LogP contribution in [0.4, 0.5) is 0 Å². The van der Waals surface area contributed by atoms with Crippen LogP contribution in [0.15, 0.2) is 454 Å². The summed E-state index contributed by atoms with van der Waals surface area (Å²) in [6.45, 7) is 0. The molecule has 134 heavy (non-hydrogen) atoms. The van der Waals surface area contributed by atoms with E-state index < -0.39 is 0 Å². The maximum atomic E-state index is 6.69. The van der Waals surface area contributed by atoms with Crippen molar-refractivity contribution in [2.45, 2.75) is 0 Å². The molecular weight excluding hydrogens is 1760 g/mol. The molecule has 6 aromatic heterocycles. The van der Waals surface area contributed by atoms with E-state index in [1.807, 2.05) is 18.2 Å². The van der Waals surface area contributed by atoms with Crippen LogP contribution in [0.3, 0.4) is 0 Å². The summed E-state index contributed by atoms with van der Waals surface area (Å²) in [5.74, 6) is 0. The molecule has 0 unspecified atom stereocenters. The van der Waals surface area contributed by atoms with Crippen LogP contribution in [0.5, 0.6) is 0 Å². The van der Waals surface area contributed by atoms with E-state index in [4.69, 9.17) is 17.7 Å². The van der Waals surface area contributed by atoms with Gasteiger partial charge in [-0.25, -0.2) is 0 Å². The van der Waals surface area contributed by atoms with Gasteiger partial charge in [0, 0.05) is 5.39 Å². The number of fused-ring (bicyclic) bond motifs is 26. The molecule has 4 nitrogen and oxygen atoms in total. The normalized spacial score (nSPS) is 12.2. The van der Waals surface area contributed by atoms with Crippen molar-refractivity contribution >= 4 is 242 Å². The minimum absolute atomic E-state index is 0.0970. The van der Waals surface area contributed by atoms with Gasteiger partial charge in [0.25, 0.3) is 0 Å². The van der Waals surface area contributed by atoms with Crippen molar-refractivity contribution in [1.29, 1.82) is 0 Å². The predicted molar refractivity (Wildman–Crippen MR) is 569 cm³/mol. The fourth-order valence-corrected chi connectivity index (χ4v) is 27.9. The first-order valence-corrected chi connectivity index (χ1v) is 49.2. The number of furan rings is 4. The second-order valence-corrected chi connectivity index (χ2v) is 39.9. The molecule has 0 saturated carbocycles. The summed E-state index contributed by atoms with van der Waals surface area (Å²) in [7, 11) is 0. The van der Waals surface area contributed by atoms with Gasteiger partial charge in [-0.3, -0.25) is 0 Å². The van der Waals surface area contributed by atoms with Crippen molar-refractivity contribution in [2.24, 2.45) is 0 Å². The van der Waals surface area contributed by atoms with Crippen molar-refractivity contribution in [1.82, 2.24) is 0 Å². The van der Waals surface area contributed by atoms with E-state index in [1.165, 1.54) is 192 Å². The van der Waals surface area contributed by atoms with Crippen molar-refractivity contribution in [3.8, 4) is 89.0 Å². The van der Waals surface area contributed by atoms with Gasteiger partial charge in [-0.1, -0.05) is 48.5 Å². The van der Waals surface area contributed by atoms with Crippen LogP contribution in [-0.4, -0.2) is 29.0 Å². The second kappa shape index (κ2) is 29.6. The molecule has 0 aliphatic rings. The molecule has 0 atom stereocenters. The van der Waals surface area contributed by atoms with Gasteiger partial charge in [0.2, 0.25) is 0 Å². The summed E-state index contributed by atoms with van der Waals surface area (Å²) in [6.07, 6.45) is 0. The van der Waals surface area contributed by atoms with Gasteiger partial charge in [-0.2, -0.15) is 0 Å². The van der Waals surface area contributed by atoms with E-state index >= 15 is 0 Å². The maximum absolute atomic E-state index is 6.69. The first kappa shape index (κ1) is 75.4. The van der Waals surface area contributed by atoms with E-state index in [0.717, 1.165) is 110 Å². The Morgan fingerprint density at radius 2 is 0.336 bits per heavy atom. The molecule has 30 aromatic rings. The molecule has 0 bridgehead atoms. The van der Waals surface area contributed by atoms with E-state index in [-0.39, 0.29) is 29.0 Å². The Bertz CT molecular complexity index is 10100. The molecule has 30 rings (SSSR count). The Labute approximate surface area is 778 Å². The summed E-state index contributed by atoms with van der Waals surface area (Å²) in [6, 6.07) is 160. The molecule has 0 aliphatic heterocycles. The number of benzene rings is 24. The molecular formula is C128H72O4Se2. The summed E-state index contributed by atoms with van der Waals surface area (Å²) in [5.41, 5.74) is 27.0. The van der Waals surface area contributed by atoms with Gasteiger partial charge in [0.05, 0.1) is 0 Å². The van der Waals surface area contributed by atoms with Crippen LogP contribution in [0.1, 0.15) is 0 Å². The molecule has 620 valence electrons. The monoisotopic (exact) mass is 1830 g/mol. The quantitative estimate of drug-likeness (QED) is 0.112. The van der Waals surface area contributed by atoms with E-state index in [2.05, 4.69) is 419 Å². The molecule has 6 heterocycles. The Hall–Kier alpha value is -16.4. The second-order valence-electron chi connectivity index (χ2n) is 35.5. The van der Waals surface area contributed by atoms with Crippen LogP contribution >= 0.6 is 0 Å². The Morgan fingerprint density at radius 1 is 0.127 bits per heavy atom. The molecule has 0 amide bonds. The standard InChI is InChI=1S/2C64H36O2Se/c1-3-20-42-40(18-1)58(41-19-2-4-21-43(41)59(42)51-29-13-26-48-38-16-9-11-32-55(38)65-62(48)51)37-34-35-57-54(36-37)50-28-15-31-53(64(50)67-57)61-46-24-7-5-22-44(46)60(45-23-6-8-25-47(45)61)52-30-14-27-49-39-17-10-12-33-56(39)66-63(49)52;1-3-18-46-44(16-1)60(45-17-2-4-19-47(45)61(46)38-28-31-42-40-14-9-11-26-55(40)65-57(42)35-38)37-30-33-59-54(34-37)52-24-13-25-53(64(52)67-59)63-50-22-7-5-20-48(50)62(49-21-6-8-23-51(49)63)39-29-32-43-41-15-10-12-27-56(41)66-58(43)36-39/h2*1-36H. The third-order valence-corrected chi connectivity index (χ3v) is 33.6. The van der Waals surface area contributed by atoms with Crippen molar-refractivity contribution in [3.05, 3.63) is 437 Å². The summed E-state index contributed by atoms with van der Waals surface area (Å²) >= 11 is 0.204. The Morgan fingerprint density at radius 3 is 0.634 bits per heavy atom. The van der Waals surface area contributed by atoms with Crippen LogP contribution in [-0.2, 0) is 0 Å².